The quantitative estimate of drug-likeness (QED) is 0.696. The van der Waals surface area contributed by atoms with Crippen LogP contribution in [0.1, 0.15) is 46.5 Å². The molecule has 0 radical (unpaired) electrons. The van der Waals surface area contributed by atoms with Gasteiger partial charge in [0.05, 0.1) is 0 Å². The Bertz CT molecular complexity index is 310. The molecule has 0 heterocycles. The highest BCUT2D eigenvalue weighted by Gasteiger charge is 2.29. The largest absolute Gasteiger partial charge is 0.353 e. The summed E-state index contributed by atoms with van der Waals surface area (Å²) in [4.78, 5) is 0. The fourth-order valence-corrected chi connectivity index (χ4v) is 3.45. The van der Waals surface area contributed by atoms with Crippen molar-refractivity contribution >= 4 is 7.60 Å². The van der Waals surface area contributed by atoms with Crippen molar-refractivity contribution in [2.75, 3.05) is 14.2 Å². The Morgan fingerprint density at radius 2 is 1.65 bits per heavy atom. The second kappa shape index (κ2) is 5.69. The van der Waals surface area contributed by atoms with Crippen LogP contribution in [0, 0.1) is 11.3 Å². The summed E-state index contributed by atoms with van der Waals surface area (Å²) in [6.07, 6.45) is 4.36. The highest BCUT2D eigenvalue weighted by molar-refractivity contribution is 7.57. The van der Waals surface area contributed by atoms with Gasteiger partial charge in [0.25, 0.3) is 0 Å². The van der Waals surface area contributed by atoms with Crippen molar-refractivity contribution in [3.8, 4) is 0 Å². The van der Waals surface area contributed by atoms with Crippen LogP contribution in [0.4, 0.5) is 0 Å². The molecule has 0 unspecified atom stereocenters. The zero-order valence-electron chi connectivity index (χ0n) is 11.7. The first-order valence-corrected chi connectivity index (χ1v) is 7.84. The average molecular weight is 260 g/mol. The molecule has 100 valence electrons. The van der Waals surface area contributed by atoms with Gasteiger partial charge in [0, 0.05) is 20.0 Å². The maximum Gasteiger partial charge on any atom is 0.353 e. The first kappa shape index (κ1) is 14.9. The summed E-state index contributed by atoms with van der Waals surface area (Å²) >= 11 is 0. The SMILES string of the molecule is COP(=O)(C=C1CCC(C(C)(C)C)CC1)OC. The minimum Gasteiger partial charge on any atom is -0.309 e. The van der Waals surface area contributed by atoms with E-state index < -0.39 is 7.60 Å². The fourth-order valence-electron chi connectivity index (χ4n) is 2.39. The van der Waals surface area contributed by atoms with Crippen LogP contribution in [0.15, 0.2) is 11.4 Å². The maximum atomic E-state index is 12.0. The van der Waals surface area contributed by atoms with Gasteiger partial charge in [-0.1, -0.05) is 26.3 Å². The molecule has 1 fully saturated rings. The molecule has 0 N–H and O–H groups in total. The summed E-state index contributed by atoms with van der Waals surface area (Å²) in [7, 11) is -0.107. The topological polar surface area (TPSA) is 35.5 Å². The van der Waals surface area contributed by atoms with E-state index in [4.69, 9.17) is 9.05 Å². The number of hydrogen-bond donors (Lipinski definition) is 0. The first-order chi connectivity index (χ1) is 7.80. The lowest BCUT2D eigenvalue weighted by Crippen LogP contribution is -2.23. The molecule has 0 atom stereocenters. The van der Waals surface area contributed by atoms with Gasteiger partial charge in [0.15, 0.2) is 0 Å². The van der Waals surface area contributed by atoms with Gasteiger partial charge in [-0.3, -0.25) is 4.57 Å². The normalized spacial score (nSPS) is 22.6. The van der Waals surface area contributed by atoms with Crippen molar-refractivity contribution in [2.45, 2.75) is 46.5 Å². The van der Waals surface area contributed by atoms with E-state index in [-0.39, 0.29) is 0 Å². The predicted molar refractivity (Wildman–Crippen MR) is 71.1 cm³/mol. The lowest BCUT2D eigenvalue weighted by atomic mass is 9.71. The monoisotopic (exact) mass is 260 g/mol. The highest BCUT2D eigenvalue weighted by Crippen LogP contribution is 2.51. The van der Waals surface area contributed by atoms with Gasteiger partial charge >= 0.3 is 7.60 Å². The molecule has 1 aliphatic carbocycles. The van der Waals surface area contributed by atoms with Gasteiger partial charge in [0.2, 0.25) is 0 Å². The summed E-state index contributed by atoms with van der Waals surface area (Å²) in [5.41, 5.74) is 1.59. The van der Waals surface area contributed by atoms with Gasteiger partial charge in [0.1, 0.15) is 0 Å². The standard InChI is InChI=1S/C13H25O3P/c1-13(2,3)12-8-6-11(7-9-12)10-17(14,15-4)16-5/h10,12H,6-9H2,1-5H3. The van der Waals surface area contributed by atoms with Crippen molar-refractivity contribution in [3.05, 3.63) is 11.4 Å². The molecule has 1 rings (SSSR count). The van der Waals surface area contributed by atoms with E-state index in [9.17, 15) is 4.57 Å². The third-order valence-electron chi connectivity index (χ3n) is 3.70. The number of allylic oxidation sites excluding steroid dienone is 1. The first-order valence-electron chi connectivity index (χ1n) is 6.22. The van der Waals surface area contributed by atoms with Crippen molar-refractivity contribution in [1.82, 2.24) is 0 Å². The Balaban J connectivity index is 2.64. The second-order valence-electron chi connectivity index (χ2n) is 5.83. The number of rotatable bonds is 3. The zero-order chi connectivity index (χ0) is 13.1. The summed E-state index contributed by atoms with van der Waals surface area (Å²) < 4.78 is 21.9. The molecule has 3 nitrogen and oxygen atoms in total. The molecule has 17 heavy (non-hydrogen) atoms. The Hall–Kier alpha value is -0.110. The molecule has 0 aliphatic heterocycles. The van der Waals surface area contributed by atoms with E-state index in [2.05, 4.69) is 20.8 Å². The molecule has 0 aromatic carbocycles. The van der Waals surface area contributed by atoms with E-state index in [1.807, 2.05) is 0 Å². The van der Waals surface area contributed by atoms with Gasteiger partial charge in [-0.15, -0.1) is 0 Å². The van der Waals surface area contributed by atoms with E-state index in [0.29, 0.717) is 5.41 Å². The molecule has 4 heteroatoms. The van der Waals surface area contributed by atoms with Crippen LogP contribution in [-0.4, -0.2) is 14.2 Å². The van der Waals surface area contributed by atoms with E-state index in [1.54, 1.807) is 5.82 Å². The van der Waals surface area contributed by atoms with E-state index >= 15 is 0 Å². The van der Waals surface area contributed by atoms with Crippen molar-refractivity contribution in [3.63, 3.8) is 0 Å². The van der Waals surface area contributed by atoms with Crippen LogP contribution in [0.3, 0.4) is 0 Å². The van der Waals surface area contributed by atoms with Crippen LogP contribution in [0.25, 0.3) is 0 Å². The Morgan fingerprint density at radius 1 is 1.18 bits per heavy atom. The highest BCUT2D eigenvalue weighted by atomic mass is 31.2. The molecule has 1 aliphatic rings. The average Bonchev–Trinajstić information content (AvgIpc) is 2.28. The smallest absolute Gasteiger partial charge is 0.309 e. The van der Waals surface area contributed by atoms with Gasteiger partial charge in [-0.05, 0) is 37.0 Å². The molecule has 0 aromatic rings. The minimum atomic E-state index is -2.97. The molecule has 0 spiro atoms. The van der Waals surface area contributed by atoms with Crippen LogP contribution in [0.2, 0.25) is 0 Å². The molecule has 0 bridgehead atoms. The molecular formula is C13H25O3P. The van der Waals surface area contributed by atoms with E-state index in [1.165, 1.54) is 32.6 Å². The Morgan fingerprint density at radius 3 is 2.00 bits per heavy atom. The third kappa shape index (κ3) is 4.24. The number of hydrogen-bond acceptors (Lipinski definition) is 3. The maximum absolute atomic E-state index is 12.0. The van der Waals surface area contributed by atoms with Crippen molar-refractivity contribution in [1.29, 1.82) is 0 Å². The van der Waals surface area contributed by atoms with Crippen LogP contribution >= 0.6 is 7.60 Å². The molecule has 0 aromatic heterocycles. The van der Waals surface area contributed by atoms with Crippen LogP contribution in [0.5, 0.6) is 0 Å². The molecule has 1 saturated carbocycles. The summed E-state index contributed by atoms with van der Waals surface area (Å²) in [5, 5.41) is 0. The molecule has 0 amide bonds. The molecular weight excluding hydrogens is 235 g/mol. The summed E-state index contributed by atoms with van der Waals surface area (Å²) in [6, 6.07) is 0. The lowest BCUT2D eigenvalue weighted by molar-refractivity contribution is 0.197. The second-order valence-corrected chi connectivity index (χ2v) is 7.90. The summed E-state index contributed by atoms with van der Waals surface area (Å²) in [6.45, 7) is 6.88. The fraction of sp³-hybridized carbons (Fsp3) is 0.846. The van der Waals surface area contributed by atoms with Crippen molar-refractivity contribution < 1.29 is 13.6 Å². The lowest BCUT2D eigenvalue weighted by Gasteiger charge is -2.34. The predicted octanol–water partition coefficient (Wildman–Crippen LogP) is 4.59. The Labute approximate surface area is 105 Å². The van der Waals surface area contributed by atoms with Gasteiger partial charge in [-0.2, -0.15) is 0 Å². The van der Waals surface area contributed by atoms with Crippen LogP contribution in [-0.2, 0) is 13.6 Å². The molecule has 0 saturated heterocycles. The van der Waals surface area contributed by atoms with E-state index in [0.717, 1.165) is 18.8 Å². The van der Waals surface area contributed by atoms with Gasteiger partial charge < -0.3 is 9.05 Å². The zero-order valence-corrected chi connectivity index (χ0v) is 12.5. The van der Waals surface area contributed by atoms with Crippen LogP contribution < -0.4 is 0 Å². The van der Waals surface area contributed by atoms with Gasteiger partial charge in [-0.25, -0.2) is 0 Å². The third-order valence-corrected chi connectivity index (χ3v) is 5.40. The Kier molecular flexibility index (Phi) is 5.00. The summed E-state index contributed by atoms with van der Waals surface area (Å²) in [5.74, 6) is 2.47. The minimum absolute atomic E-state index is 0.373. The van der Waals surface area contributed by atoms with Crippen molar-refractivity contribution in [2.24, 2.45) is 11.3 Å².